The highest BCUT2D eigenvalue weighted by atomic mass is 35.5. The molecule has 2 aromatic carbocycles. The van der Waals surface area contributed by atoms with Gasteiger partial charge in [0.25, 0.3) is 0 Å². The van der Waals surface area contributed by atoms with Gasteiger partial charge < -0.3 is 14.2 Å². The summed E-state index contributed by atoms with van der Waals surface area (Å²) in [6.45, 7) is 5.82. The van der Waals surface area contributed by atoms with Gasteiger partial charge in [-0.15, -0.1) is 24.5 Å². The predicted octanol–water partition coefficient (Wildman–Crippen LogP) is 9.12. The van der Waals surface area contributed by atoms with Gasteiger partial charge in [-0.1, -0.05) is 29.3 Å². The van der Waals surface area contributed by atoms with Crippen LogP contribution in [0.2, 0.25) is 10.0 Å². The fraction of sp³-hybridized carbons (Fsp3) is 0.360. The minimum absolute atomic E-state index is 0.174. The molecule has 0 bridgehead atoms. The highest BCUT2D eigenvalue weighted by molar-refractivity contribution is 7.15. The predicted molar refractivity (Wildman–Crippen MR) is 131 cm³/mol. The first-order valence-electron chi connectivity index (χ1n) is 10.5. The Morgan fingerprint density at radius 3 is 2.15 bits per heavy atom. The molecular formula is C25H25Cl2F3O3S. The molecule has 184 valence electrons. The van der Waals surface area contributed by atoms with Crippen LogP contribution in [-0.2, 0) is 11.2 Å². The Balaban J connectivity index is 1.69. The molecule has 3 rings (SSSR count). The highest BCUT2D eigenvalue weighted by Gasteiger charge is 2.31. The van der Waals surface area contributed by atoms with Gasteiger partial charge in [-0.25, -0.2) is 0 Å². The van der Waals surface area contributed by atoms with E-state index >= 15 is 0 Å². The molecule has 0 amide bonds. The van der Waals surface area contributed by atoms with Crippen LogP contribution in [0.1, 0.15) is 43.7 Å². The van der Waals surface area contributed by atoms with Gasteiger partial charge in [-0.05, 0) is 87.2 Å². The number of rotatable bonds is 8. The molecule has 0 aliphatic heterocycles. The fourth-order valence-electron chi connectivity index (χ4n) is 3.34. The van der Waals surface area contributed by atoms with E-state index in [2.05, 4.69) is 4.74 Å². The maximum Gasteiger partial charge on any atom is 0.573 e. The second-order valence-corrected chi connectivity index (χ2v) is 10.5. The van der Waals surface area contributed by atoms with Crippen LogP contribution >= 0.6 is 34.5 Å². The summed E-state index contributed by atoms with van der Waals surface area (Å²) in [4.78, 5) is 1.92. The van der Waals surface area contributed by atoms with Gasteiger partial charge in [0.15, 0.2) is 0 Å². The normalized spacial score (nSPS) is 13.1. The Morgan fingerprint density at radius 2 is 1.56 bits per heavy atom. The van der Waals surface area contributed by atoms with Crippen LogP contribution in [0.4, 0.5) is 13.2 Å². The summed E-state index contributed by atoms with van der Waals surface area (Å²) < 4.78 is 52.6. The summed E-state index contributed by atoms with van der Waals surface area (Å²) in [6, 6.07) is 13.4. The number of benzene rings is 2. The monoisotopic (exact) mass is 532 g/mol. The molecule has 0 radical (unpaired) electrons. The number of ether oxygens (including phenoxy) is 3. The lowest BCUT2D eigenvalue weighted by Gasteiger charge is -2.23. The van der Waals surface area contributed by atoms with E-state index in [1.807, 2.05) is 45.0 Å². The lowest BCUT2D eigenvalue weighted by molar-refractivity contribution is -0.274. The summed E-state index contributed by atoms with van der Waals surface area (Å²) in [7, 11) is 1.64. The summed E-state index contributed by atoms with van der Waals surface area (Å²) in [5.74, 6) is 0.290. The molecule has 34 heavy (non-hydrogen) atoms. The Bertz CT molecular complexity index is 1110. The van der Waals surface area contributed by atoms with Crippen molar-refractivity contribution in [3.8, 4) is 21.9 Å². The van der Waals surface area contributed by atoms with E-state index in [9.17, 15) is 13.2 Å². The maximum absolute atomic E-state index is 12.4. The van der Waals surface area contributed by atoms with Gasteiger partial charge in [0, 0.05) is 16.9 Å². The van der Waals surface area contributed by atoms with Gasteiger partial charge in [0.05, 0.1) is 11.1 Å². The molecule has 1 atom stereocenters. The van der Waals surface area contributed by atoms with Crippen molar-refractivity contribution in [1.82, 2.24) is 0 Å². The molecule has 0 N–H and O–H groups in total. The summed E-state index contributed by atoms with van der Waals surface area (Å²) in [5.41, 5.74) is 1.30. The molecule has 3 nitrogen and oxygen atoms in total. The van der Waals surface area contributed by atoms with E-state index in [0.717, 1.165) is 20.9 Å². The molecule has 0 saturated carbocycles. The quantitative estimate of drug-likeness (QED) is 0.289. The molecule has 1 heterocycles. The van der Waals surface area contributed by atoms with Crippen molar-refractivity contribution >= 4 is 34.5 Å². The second kappa shape index (κ2) is 10.8. The number of hydrogen-bond acceptors (Lipinski definition) is 4. The average molecular weight is 533 g/mol. The Kier molecular flexibility index (Phi) is 8.45. The lowest BCUT2D eigenvalue weighted by atomic mass is 10.0. The third-order valence-electron chi connectivity index (χ3n) is 4.82. The number of aryl methyl sites for hydroxylation is 1. The zero-order valence-corrected chi connectivity index (χ0v) is 21.5. The molecule has 0 spiro atoms. The molecule has 1 aromatic heterocycles. The van der Waals surface area contributed by atoms with Crippen LogP contribution in [0.25, 0.3) is 10.4 Å². The average Bonchev–Trinajstić information content (AvgIpc) is 3.22. The van der Waals surface area contributed by atoms with Crippen molar-refractivity contribution in [2.24, 2.45) is 0 Å². The van der Waals surface area contributed by atoms with Gasteiger partial charge >= 0.3 is 6.36 Å². The van der Waals surface area contributed by atoms with E-state index in [1.54, 1.807) is 19.2 Å². The summed E-state index contributed by atoms with van der Waals surface area (Å²) >= 11 is 14.5. The smallest absolute Gasteiger partial charge is 0.487 e. The standard InChI is InChI=1S/C25H25Cl2F3O3S/c1-24(2,3)33-19-12-8-16(22(26)23(19)27)7-11-18(31-4)21-14-13-20(34-21)15-5-9-17(10-6-15)32-25(28,29)30/h5-6,8-10,12-14,18H,7,11H2,1-4H3. The third kappa shape index (κ3) is 7.28. The van der Waals surface area contributed by atoms with E-state index < -0.39 is 12.0 Å². The molecular weight excluding hydrogens is 508 g/mol. The molecule has 3 aromatic rings. The number of hydrogen-bond donors (Lipinski definition) is 0. The zero-order chi connectivity index (χ0) is 25.1. The molecule has 9 heteroatoms. The van der Waals surface area contributed by atoms with Crippen molar-refractivity contribution in [1.29, 1.82) is 0 Å². The molecule has 0 aliphatic carbocycles. The maximum atomic E-state index is 12.4. The van der Waals surface area contributed by atoms with Gasteiger partial charge in [-0.2, -0.15) is 0 Å². The Hall–Kier alpha value is -1.93. The van der Waals surface area contributed by atoms with Crippen molar-refractivity contribution < 1.29 is 27.4 Å². The van der Waals surface area contributed by atoms with E-state index in [1.165, 1.54) is 23.5 Å². The first kappa shape index (κ1) is 26.7. The number of alkyl halides is 3. The van der Waals surface area contributed by atoms with Crippen LogP contribution in [-0.4, -0.2) is 19.1 Å². The van der Waals surface area contributed by atoms with E-state index in [4.69, 9.17) is 32.7 Å². The minimum atomic E-state index is -4.71. The van der Waals surface area contributed by atoms with Crippen molar-refractivity contribution in [2.45, 2.75) is 51.7 Å². The largest absolute Gasteiger partial charge is 0.573 e. The Labute approximate surface area is 211 Å². The summed E-state index contributed by atoms with van der Waals surface area (Å²) in [5, 5.41) is 0.853. The topological polar surface area (TPSA) is 27.7 Å². The van der Waals surface area contributed by atoms with E-state index in [0.29, 0.717) is 28.6 Å². The first-order valence-corrected chi connectivity index (χ1v) is 12.1. The highest BCUT2D eigenvalue weighted by Crippen LogP contribution is 2.39. The zero-order valence-electron chi connectivity index (χ0n) is 19.1. The van der Waals surface area contributed by atoms with Gasteiger partial charge in [0.1, 0.15) is 22.1 Å². The van der Waals surface area contributed by atoms with Crippen LogP contribution in [0.5, 0.6) is 11.5 Å². The van der Waals surface area contributed by atoms with Crippen LogP contribution in [0.15, 0.2) is 48.5 Å². The summed E-state index contributed by atoms with van der Waals surface area (Å²) in [6.07, 6.45) is -3.57. The van der Waals surface area contributed by atoms with Gasteiger partial charge in [0.2, 0.25) is 0 Å². The van der Waals surface area contributed by atoms with Crippen molar-refractivity contribution in [2.75, 3.05) is 7.11 Å². The van der Waals surface area contributed by atoms with Crippen molar-refractivity contribution in [3.63, 3.8) is 0 Å². The Morgan fingerprint density at radius 1 is 0.882 bits per heavy atom. The minimum Gasteiger partial charge on any atom is -0.487 e. The number of methoxy groups -OCH3 is 1. The van der Waals surface area contributed by atoms with Crippen LogP contribution < -0.4 is 9.47 Å². The first-order chi connectivity index (χ1) is 15.9. The van der Waals surface area contributed by atoms with Crippen LogP contribution in [0.3, 0.4) is 0 Å². The lowest BCUT2D eigenvalue weighted by Crippen LogP contribution is -2.23. The SMILES string of the molecule is COC(CCc1ccc(OC(C)(C)C)c(Cl)c1Cl)c1ccc(-c2ccc(OC(F)(F)F)cc2)s1. The molecule has 0 aliphatic rings. The number of thiophene rings is 1. The third-order valence-corrected chi connectivity index (χ3v) is 6.95. The van der Waals surface area contributed by atoms with Crippen molar-refractivity contribution in [3.05, 3.63) is 69.0 Å². The van der Waals surface area contributed by atoms with Gasteiger partial charge in [-0.3, -0.25) is 0 Å². The fourth-order valence-corrected chi connectivity index (χ4v) is 4.94. The molecule has 0 fully saturated rings. The second-order valence-electron chi connectivity index (χ2n) is 8.60. The molecule has 0 saturated heterocycles. The number of halogens is 5. The molecule has 1 unspecified atom stereocenters. The van der Waals surface area contributed by atoms with Crippen LogP contribution in [0, 0.1) is 0 Å². The van der Waals surface area contributed by atoms with E-state index in [-0.39, 0.29) is 11.9 Å².